The van der Waals surface area contributed by atoms with Gasteiger partial charge < -0.3 is 15.3 Å². The van der Waals surface area contributed by atoms with E-state index in [1.807, 2.05) is 18.2 Å². The Hall–Kier alpha value is -1.80. The lowest BCUT2D eigenvalue weighted by Gasteiger charge is -2.50. The largest absolute Gasteiger partial charge is 0.430 e. The van der Waals surface area contributed by atoms with Gasteiger partial charge in [0, 0.05) is 41.2 Å². The SMILES string of the molecule is O=C(N1CCC2(CCNCC2c2ccccc2)CC1)C(O)(c1cc(Cl)cc(Cl)c1)C(F)(F)F. The third-order valence-corrected chi connectivity index (χ3v) is 7.57. The number of nitrogens with one attached hydrogen (secondary N) is 1. The number of amides is 1. The van der Waals surface area contributed by atoms with E-state index in [2.05, 4.69) is 17.4 Å². The molecule has 2 unspecified atom stereocenters. The molecular weight excluding hydrogens is 476 g/mol. The molecule has 4 nitrogen and oxygen atoms in total. The summed E-state index contributed by atoms with van der Waals surface area (Å²) < 4.78 is 42.3. The zero-order valence-corrected chi connectivity index (χ0v) is 19.4. The van der Waals surface area contributed by atoms with E-state index in [0.29, 0.717) is 12.8 Å². The molecule has 1 amide bonds. The van der Waals surface area contributed by atoms with Gasteiger partial charge in [0.15, 0.2) is 0 Å². The Balaban J connectivity index is 1.60. The molecule has 9 heteroatoms. The molecule has 1 spiro atoms. The quantitative estimate of drug-likeness (QED) is 0.614. The number of carbonyl (C=O) groups is 1. The summed E-state index contributed by atoms with van der Waals surface area (Å²) in [6, 6.07) is 13.2. The van der Waals surface area contributed by atoms with Crippen molar-refractivity contribution in [1.29, 1.82) is 0 Å². The van der Waals surface area contributed by atoms with Crippen LogP contribution in [0.1, 0.15) is 36.3 Å². The van der Waals surface area contributed by atoms with Crippen LogP contribution >= 0.6 is 23.2 Å². The van der Waals surface area contributed by atoms with Crippen LogP contribution in [0.5, 0.6) is 0 Å². The summed E-state index contributed by atoms with van der Waals surface area (Å²) in [6.45, 7) is 1.87. The maximum Gasteiger partial charge on any atom is 0.430 e. The summed E-state index contributed by atoms with van der Waals surface area (Å²) in [4.78, 5) is 14.3. The Morgan fingerprint density at radius 3 is 2.21 bits per heavy atom. The zero-order chi connectivity index (χ0) is 23.9. The molecule has 2 heterocycles. The fourth-order valence-electron chi connectivity index (χ4n) is 5.28. The second-order valence-electron chi connectivity index (χ2n) is 8.94. The maximum absolute atomic E-state index is 14.1. The minimum Gasteiger partial charge on any atom is -0.368 e. The second kappa shape index (κ2) is 9.10. The van der Waals surface area contributed by atoms with Crippen LogP contribution in [0.2, 0.25) is 10.0 Å². The first-order valence-electron chi connectivity index (χ1n) is 10.9. The van der Waals surface area contributed by atoms with Crippen molar-refractivity contribution in [2.45, 2.75) is 37.0 Å². The predicted molar refractivity (Wildman–Crippen MR) is 121 cm³/mol. The van der Waals surface area contributed by atoms with Gasteiger partial charge in [0.25, 0.3) is 11.5 Å². The standard InChI is InChI=1S/C24H25Cl2F3N2O2/c25-18-12-17(13-19(26)14-18)23(33,24(27,28)29)21(32)31-10-7-22(8-11-31)6-9-30-15-20(22)16-4-2-1-3-5-16/h1-5,12-14,20,30,33H,6-11,15H2. The van der Waals surface area contributed by atoms with Gasteiger partial charge in [-0.2, -0.15) is 13.2 Å². The Morgan fingerprint density at radius 1 is 1.03 bits per heavy atom. The van der Waals surface area contributed by atoms with E-state index in [9.17, 15) is 23.1 Å². The molecule has 0 aliphatic carbocycles. The molecule has 2 aromatic carbocycles. The first-order valence-corrected chi connectivity index (χ1v) is 11.6. The van der Waals surface area contributed by atoms with Crippen molar-refractivity contribution in [3.8, 4) is 0 Å². The first kappa shape index (κ1) is 24.3. The topological polar surface area (TPSA) is 52.6 Å². The van der Waals surface area contributed by atoms with Gasteiger partial charge in [-0.3, -0.25) is 4.79 Å². The summed E-state index contributed by atoms with van der Waals surface area (Å²) in [5.41, 5.74) is -3.33. The van der Waals surface area contributed by atoms with Crippen LogP contribution in [0.3, 0.4) is 0 Å². The fourth-order valence-corrected chi connectivity index (χ4v) is 5.81. The Kier molecular flexibility index (Phi) is 6.71. The highest BCUT2D eigenvalue weighted by Gasteiger charge is 2.62. The molecule has 2 aromatic rings. The van der Waals surface area contributed by atoms with Crippen molar-refractivity contribution >= 4 is 29.1 Å². The predicted octanol–water partition coefficient (Wildman–Crippen LogP) is 5.13. The number of hydrogen-bond acceptors (Lipinski definition) is 3. The molecule has 33 heavy (non-hydrogen) atoms. The monoisotopic (exact) mass is 500 g/mol. The molecule has 2 fully saturated rings. The molecule has 2 saturated heterocycles. The van der Waals surface area contributed by atoms with E-state index in [0.717, 1.165) is 36.5 Å². The van der Waals surface area contributed by atoms with Gasteiger partial charge in [0.1, 0.15) is 0 Å². The molecule has 2 N–H and O–H groups in total. The average Bonchev–Trinajstić information content (AvgIpc) is 2.78. The van der Waals surface area contributed by atoms with Crippen molar-refractivity contribution in [1.82, 2.24) is 10.2 Å². The highest BCUT2D eigenvalue weighted by Crippen LogP contribution is 2.50. The first-order chi connectivity index (χ1) is 15.6. The Morgan fingerprint density at radius 2 is 1.64 bits per heavy atom. The molecule has 0 aromatic heterocycles. The van der Waals surface area contributed by atoms with Gasteiger partial charge in [-0.05, 0) is 55.0 Å². The number of rotatable bonds is 3. The van der Waals surface area contributed by atoms with Gasteiger partial charge in [-0.15, -0.1) is 0 Å². The maximum atomic E-state index is 14.1. The molecule has 0 bridgehead atoms. The third-order valence-electron chi connectivity index (χ3n) is 7.14. The molecular formula is C24H25Cl2F3N2O2. The molecule has 2 atom stereocenters. The van der Waals surface area contributed by atoms with Crippen molar-refractivity contribution in [3.63, 3.8) is 0 Å². The summed E-state index contributed by atoms with van der Waals surface area (Å²) >= 11 is 11.7. The second-order valence-corrected chi connectivity index (χ2v) is 9.81. The minimum atomic E-state index is -5.24. The van der Waals surface area contributed by atoms with Gasteiger partial charge in [0.05, 0.1) is 0 Å². The van der Waals surface area contributed by atoms with Gasteiger partial charge in [0.2, 0.25) is 0 Å². The van der Waals surface area contributed by atoms with Crippen molar-refractivity contribution < 1.29 is 23.1 Å². The number of alkyl halides is 3. The van der Waals surface area contributed by atoms with Crippen molar-refractivity contribution in [3.05, 3.63) is 69.7 Å². The number of hydrogen-bond donors (Lipinski definition) is 2. The molecule has 4 rings (SSSR count). The highest BCUT2D eigenvalue weighted by atomic mass is 35.5. The summed E-state index contributed by atoms with van der Waals surface area (Å²) in [5, 5.41) is 14.0. The molecule has 178 valence electrons. The number of carbonyl (C=O) groups excluding carboxylic acids is 1. The lowest BCUT2D eigenvalue weighted by atomic mass is 9.62. The number of aliphatic hydroxyl groups is 1. The van der Waals surface area contributed by atoms with Gasteiger partial charge in [-0.25, -0.2) is 0 Å². The van der Waals surface area contributed by atoms with Gasteiger partial charge in [-0.1, -0.05) is 53.5 Å². The molecule has 2 aliphatic heterocycles. The van der Waals surface area contributed by atoms with Crippen LogP contribution in [0.4, 0.5) is 13.2 Å². The molecule has 2 aliphatic rings. The number of halogens is 5. The van der Waals surface area contributed by atoms with E-state index < -0.39 is 23.2 Å². The van der Waals surface area contributed by atoms with Crippen LogP contribution in [0.15, 0.2) is 48.5 Å². The smallest absolute Gasteiger partial charge is 0.368 e. The van der Waals surface area contributed by atoms with E-state index >= 15 is 0 Å². The van der Waals surface area contributed by atoms with Crippen LogP contribution < -0.4 is 5.32 Å². The minimum absolute atomic E-state index is 0.0917. The average molecular weight is 501 g/mol. The fraction of sp³-hybridized carbons (Fsp3) is 0.458. The Bertz CT molecular complexity index is 990. The van der Waals surface area contributed by atoms with Crippen LogP contribution in [0.25, 0.3) is 0 Å². The molecule has 0 radical (unpaired) electrons. The summed E-state index contributed by atoms with van der Waals surface area (Å²) in [6.07, 6.45) is -3.25. The van der Waals surface area contributed by atoms with E-state index in [-0.39, 0.29) is 34.5 Å². The van der Waals surface area contributed by atoms with Crippen molar-refractivity contribution in [2.75, 3.05) is 26.2 Å². The van der Waals surface area contributed by atoms with Crippen molar-refractivity contribution in [2.24, 2.45) is 5.41 Å². The normalized spacial score (nSPS) is 22.7. The third kappa shape index (κ3) is 4.48. The Labute approximate surface area is 200 Å². The van der Waals surface area contributed by atoms with Crippen LogP contribution in [-0.2, 0) is 10.4 Å². The number of likely N-dealkylation sites (tertiary alicyclic amines) is 1. The lowest BCUT2D eigenvalue weighted by molar-refractivity contribution is -0.262. The summed E-state index contributed by atoms with van der Waals surface area (Å²) in [5.74, 6) is -1.19. The summed E-state index contributed by atoms with van der Waals surface area (Å²) in [7, 11) is 0. The van der Waals surface area contributed by atoms with E-state index in [1.54, 1.807) is 0 Å². The van der Waals surface area contributed by atoms with E-state index in [4.69, 9.17) is 23.2 Å². The number of benzene rings is 2. The van der Waals surface area contributed by atoms with E-state index in [1.165, 1.54) is 11.6 Å². The van der Waals surface area contributed by atoms with Crippen LogP contribution in [0, 0.1) is 5.41 Å². The van der Waals surface area contributed by atoms with Gasteiger partial charge >= 0.3 is 6.18 Å². The highest BCUT2D eigenvalue weighted by molar-refractivity contribution is 6.34. The van der Waals surface area contributed by atoms with Crippen LogP contribution in [-0.4, -0.2) is 48.3 Å². The zero-order valence-electron chi connectivity index (χ0n) is 17.8. The number of piperidine rings is 2. The number of nitrogens with zero attached hydrogens (tertiary/aromatic N) is 1. The lowest BCUT2D eigenvalue weighted by Crippen LogP contribution is -2.59. The molecule has 0 saturated carbocycles.